The van der Waals surface area contributed by atoms with Gasteiger partial charge in [0.2, 0.25) is 5.91 Å². The Morgan fingerprint density at radius 2 is 1.95 bits per heavy atom. The van der Waals surface area contributed by atoms with E-state index in [0.29, 0.717) is 26.1 Å². The van der Waals surface area contributed by atoms with Crippen molar-refractivity contribution in [3.63, 3.8) is 0 Å². The molecule has 1 aromatic carbocycles. The second kappa shape index (κ2) is 9.70. The molecule has 0 unspecified atom stereocenters. The molecule has 126 valence electrons. The molecular formula is C17H29ClN2O2. The van der Waals surface area contributed by atoms with Gasteiger partial charge in [-0.2, -0.15) is 0 Å². The van der Waals surface area contributed by atoms with E-state index in [4.69, 9.17) is 10.5 Å². The number of carbonyl (C=O) groups is 1. The van der Waals surface area contributed by atoms with Crippen LogP contribution < -0.4 is 10.5 Å². The van der Waals surface area contributed by atoms with Crippen LogP contribution in [0.5, 0.6) is 5.75 Å². The zero-order chi connectivity index (χ0) is 15.9. The number of para-hydroxylation sites is 1. The lowest BCUT2D eigenvalue weighted by Gasteiger charge is -2.29. The first-order valence-corrected chi connectivity index (χ1v) is 7.48. The molecule has 1 aromatic rings. The molecule has 0 saturated heterocycles. The van der Waals surface area contributed by atoms with E-state index in [0.717, 1.165) is 17.7 Å². The zero-order valence-electron chi connectivity index (χ0n) is 14.1. The van der Waals surface area contributed by atoms with Crippen molar-refractivity contribution in [1.29, 1.82) is 0 Å². The molecule has 4 nitrogen and oxygen atoms in total. The summed E-state index contributed by atoms with van der Waals surface area (Å²) in [6.45, 7) is 7.96. The highest BCUT2D eigenvalue weighted by Crippen LogP contribution is 2.17. The van der Waals surface area contributed by atoms with Gasteiger partial charge in [0, 0.05) is 20.0 Å². The molecule has 0 atom stereocenters. The van der Waals surface area contributed by atoms with E-state index < -0.39 is 0 Å². The predicted octanol–water partition coefficient (Wildman–Crippen LogP) is 3.02. The first kappa shape index (κ1) is 20.7. The lowest BCUT2D eigenvalue weighted by molar-refractivity contribution is -0.131. The average molecular weight is 329 g/mol. The molecule has 0 fully saturated rings. The largest absolute Gasteiger partial charge is 0.493 e. The number of nitrogens with two attached hydrogens (primary N) is 1. The third-order valence-electron chi connectivity index (χ3n) is 3.53. The smallest absolute Gasteiger partial charge is 0.222 e. The number of aryl methyl sites for hydroxylation is 1. The Bertz CT molecular complexity index is 464. The van der Waals surface area contributed by atoms with Crippen molar-refractivity contribution in [3.05, 3.63) is 29.8 Å². The van der Waals surface area contributed by atoms with Gasteiger partial charge >= 0.3 is 0 Å². The number of nitrogens with zero attached hydrogens (tertiary/aromatic N) is 1. The van der Waals surface area contributed by atoms with Crippen molar-refractivity contribution in [3.8, 4) is 5.75 Å². The summed E-state index contributed by atoms with van der Waals surface area (Å²) in [5.41, 5.74) is 6.77. The summed E-state index contributed by atoms with van der Waals surface area (Å²) in [4.78, 5) is 13.8. The first-order chi connectivity index (χ1) is 9.85. The summed E-state index contributed by atoms with van der Waals surface area (Å²) in [6.07, 6.45) is 1.23. The lowest BCUT2D eigenvalue weighted by Crippen LogP contribution is -2.39. The van der Waals surface area contributed by atoms with Gasteiger partial charge in [-0.3, -0.25) is 4.79 Å². The van der Waals surface area contributed by atoms with Crippen LogP contribution in [-0.4, -0.2) is 37.6 Å². The van der Waals surface area contributed by atoms with Crippen LogP contribution in [-0.2, 0) is 4.79 Å². The van der Waals surface area contributed by atoms with Crippen LogP contribution in [0.4, 0.5) is 0 Å². The number of hydrogen-bond acceptors (Lipinski definition) is 3. The van der Waals surface area contributed by atoms with Gasteiger partial charge in [-0.05, 0) is 36.9 Å². The van der Waals surface area contributed by atoms with Crippen molar-refractivity contribution in [2.45, 2.75) is 33.6 Å². The van der Waals surface area contributed by atoms with Crippen LogP contribution >= 0.6 is 12.4 Å². The van der Waals surface area contributed by atoms with Gasteiger partial charge in [-0.25, -0.2) is 0 Å². The Balaban J connectivity index is 0.00000441. The zero-order valence-corrected chi connectivity index (χ0v) is 14.9. The summed E-state index contributed by atoms with van der Waals surface area (Å²) in [5.74, 6) is 1.03. The molecule has 1 amide bonds. The predicted molar refractivity (Wildman–Crippen MR) is 93.6 cm³/mol. The third-order valence-corrected chi connectivity index (χ3v) is 3.53. The number of benzene rings is 1. The number of hydrogen-bond donors (Lipinski definition) is 1. The Hall–Kier alpha value is -1.26. The highest BCUT2D eigenvalue weighted by molar-refractivity contribution is 5.85. The summed E-state index contributed by atoms with van der Waals surface area (Å²) in [5, 5.41) is 0. The monoisotopic (exact) mass is 328 g/mol. The van der Waals surface area contributed by atoms with Gasteiger partial charge in [0.25, 0.3) is 0 Å². The Labute approximate surface area is 140 Å². The van der Waals surface area contributed by atoms with Crippen molar-refractivity contribution in [2.75, 3.05) is 26.7 Å². The van der Waals surface area contributed by atoms with Gasteiger partial charge in [0.1, 0.15) is 5.75 Å². The van der Waals surface area contributed by atoms with E-state index in [1.165, 1.54) is 0 Å². The van der Waals surface area contributed by atoms with Crippen molar-refractivity contribution in [2.24, 2.45) is 11.1 Å². The molecule has 5 heteroatoms. The minimum absolute atomic E-state index is 0. The molecule has 0 aliphatic heterocycles. The summed E-state index contributed by atoms with van der Waals surface area (Å²) in [7, 11) is 1.84. The van der Waals surface area contributed by atoms with Crippen LogP contribution in [0.2, 0.25) is 0 Å². The molecule has 1 rings (SSSR count). The lowest BCUT2D eigenvalue weighted by atomic mass is 9.93. The van der Waals surface area contributed by atoms with E-state index >= 15 is 0 Å². The Kier molecular flexibility index (Phi) is 9.14. The maximum absolute atomic E-state index is 12.0. The van der Waals surface area contributed by atoms with Gasteiger partial charge in [-0.1, -0.05) is 32.0 Å². The Morgan fingerprint density at radius 3 is 2.55 bits per heavy atom. The van der Waals surface area contributed by atoms with E-state index in [2.05, 4.69) is 13.8 Å². The number of ether oxygens (including phenoxy) is 1. The molecule has 0 aliphatic carbocycles. The maximum Gasteiger partial charge on any atom is 0.222 e. The van der Waals surface area contributed by atoms with Crippen LogP contribution in [0.25, 0.3) is 0 Å². The SMILES string of the molecule is Cc1ccccc1OCCCC(=O)N(C)CC(C)(C)CN.Cl. The summed E-state index contributed by atoms with van der Waals surface area (Å²) in [6, 6.07) is 7.91. The topological polar surface area (TPSA) is 55.6 Å². The minimum atomic E-state index is -0.0396. The summed E-state index contributed by atoms with van der Waals surface area (Å²) < 4.78 is 5.70. The standard InChI is InChI=1S/C17H28N2O2.ClH/c1-14-8-5-6-9-15(14)21-11-7-10-16(20)19(4)13-17(2,3)12-18;/h5-6,8-9H,7,10-13,18H2,1-4H3;1H. The normalized spacial score (nSPS) is 10.8. The summed E-state index contributed by atoms with van der Waals surface area (Å²) >= 11 is 0. The highest BCUT2D eigenvalue weighted by atomic mass is 35.5. The van der Waals surface area contributed by atoms with Crippen molar-refractivity contribution >= 4 is 18.3 Å². The molecule has 0 heterocycles. The van der Waals surface area contributed by atoms with Gasteiger partial charge in [-0.15, -0.1) is 12.4 Å². The average Bonchev–Trinajstić information content (AvgIpc) is 2.44. The fraction of sp³-hybridized carbons (Fsp3) is 0.588. The maximum atomic E-state index is 12.0. The fourth-order valence-electron chi connectivity index (χ4n) is 2.11. The molecule has 0 radical (unpaired) electrons. The number of carbonyl (C=O) groups excluding carboxylic acids is 1. The van der Waals surface area contributed by atoms with Gasteiger partial charge in [0.05, 0.1) is 6.61 Å². The van der Waals surface area contributed by atoms with Gasteiger partial charge in [0.15, 0.2) is 0 Å². The molecule has 0 spiro atoms. The van der Waals surface area contributed by atoms with Crippen molar-refractivity contribution in [1.82, 2.24) is 4.90 Å². The van der Waals surface area contributed by atoms with E-state index in [-0.39, 0.29) is 23.7 Å². The molecule has 0 aliphatic rings. The number of halogens is 1. The minimum Gasteiger partial charge on any atom is -0.493 e. The van der Waals surface area contributed by atoms with E-state index in [1.807, 2.05) is 38.2 Å². The third kappa shape index (κ3) is 7.14. The second-order valence-electron chi connectivity index (χ2n) is 6.34. The molecule has 22 heavy (non-hydrogen) atoms. The highest BCUT2D eigenvalue weighted by Gasteiger charge is 2.20. The van der Waals surface area contributed by atoms with E-state index in [1.54, 1.807) is 4.90 Å². The molecular weight excluding hydrogens is 300 g/mol. The van der Waals surface area contributed by atoms with Crippen molar-refractivity contribution < 1.29 is 9.53 Å². The molecule has 0 aromatic heterocycles. The van der Waals surface area contributed by atoms with Crippen LogP contribution in [0, 0.1) is 12.3 Å². The van der Waals surface area contributed by atoms with E-state index in [9.17, 15) is 4.79 Å². The van der Waals surface area contributed by atoms with Crippen LogP contribution in [0.1, 0.15) is 32.3 Å². The number of amides is 1. The van der Waals surface area contributed by atoms with Crippen LogP contribution in [0.3, 0.4) is 0 Å². The second-order valence-corrected chi connectivity index (χ2v) is 6.34. The molecule has 0 saturated carbocycles. The molecule has 0 bridgehead atoms. The van der Waals surface area contributed by atoms with Crippen LogP contribution in [0.15, 0.2) is 24.3 Å². The quantitative estimate of drug-likeness (QED) is 0.746. The first-order valence-electron chi connectivity index (χ1n) is 7.48. The Morgan fingerprint density at radius 1 is 1.32 bits per heavy atom. The molecule has 2 N–H and O–H groups in total. The fourth-order valence-corrected chi connectivity index (χ4v) is 2.11. The number of rotatable bonds is 8. The van der Waals surface area contributed by atoms with Gasteiger partial charge < -0.3 is 15.4 Å².